The number of carboxylic acids is 1. The fourth-order valence-electron chi connectivity index (χ4n) is 3.34. The van der Waals surface area contributed by atoms with Gasteiger partial charge in [-0.15, -0.1) is 0 Å². The van der Waals surface area contributed by atoms with Gasteiger partial charge in [-0.25, -0.2) is 9.78 Å². The number of aryl methyl sites for hydroxylation is 1. The van der Waals surface area contributed by atoms with Gasteiger partial charge < -0.3 is 19.7 Å². The van der Waals surface area contributed by atoms with Gasteiger partial charge in [0.2, 0.25) is 0 Å². The molecule has 142 valence electrons. The molecular weight excluding hydrogens is 362 g/mol. The zero-order chi connectivity index (χ0) is 20.0. The summed E-state index contributed by atoms with van der Waals surface area (Å²) in [5.41, 5.74) is 2.21. The molecule has 0 atom stereocenters. The Morgan fingerprint density at radius 2 is 1.75 bits per heavy atom. The summed E-state index contributed by atoms with van der Waals surface area (Å²) in [6, 6.07) is 8.00. The lowest BCUT2D eigenvalue weighted by atomic mass is 9.99. The first-order valence-electron chi connectivity index (χ1n) is 8.41. The number of methoxy groups -OCH3 is 2. The zero-order valence-corrected chi connectivity index (χ0v) is 15.4. The fraction of sp³-hybridized carbons (Fsp3) is 0.150. The van der Waals surface area contributed by atoms with Crippen LogP contribution in [0.4, 0.5) is 0 Å². The van der Waals surface area contributed by atoms with E-state index in [2.05, 4.69) is 15.2 Å². The molecule has 2 heterocycles. The number of hydrogen-bond acceptors (Lipinski definition) is 6. The Balaban J connectivity index is 2.13. The number of rotatable bonds is 4. The van der Waals surface area contributed by atoms with Crippen LogP contribution in [0.15, 0.2) is 30.3 Å². The normalized spacial score (nSPS) is 11.1. The van der Waals surface area contributed by atoms with Crippen LogP contribution in [0.3, 0.4) is 0 Å². The second-order valence-corrected chi connectivity index (χ2v) is 6.30. The molecule has 0 bridgehead atoms. The van der Waals surface area contributed by atoms with Crippen molar-refractivity contribution in [1.29, 1.82) is 0 Å². The maximum atomic E-state index is 11.4. The first kappa shape index (κ1) is 17.6. The topological polar surface area (TPSA) is 118 Å². The molecule has 8 nitrogen and oxygen atoms in total. The van der Waals surface area contributed by atoms with Crippen LogP contribution in [0.1, 0.15) is 16.1 Å². The minimum Gasteiger partial charge on any atom is -0.507 e. The van der Waals surface area contributed by atoms with Gasteiger partial charge >= 0.3 is 5.97 Å². The Hall–Kier alpha value is -3.81. The van der Waals surface area contributed by atoms with Gasteiger partial charge in [-0.1, -0.05) is 0 Å². The molecule has 0 spiro atoms. The number of aromatic amines is 1. The van der Waals surface area contributed by atoms with Gasteiger partial charge in [-0.2, -0.15) is 5.10 Å². The van der Waals surface area contributed by atoms with Crippen molar-refractivity contribution in [2.75, 3.05) is 14.2 Å². The lowest BCUT2D eigenvalue weighted by Gasteiger charge is -2.13. The number of fused-ring (bicyclic) bond motifs is 3. The van der Waals surface area contributed by atoms with Crippen molar-refractivity contribution in [1.82, 2.24) is 15.2 Å². The monoisotopic (exact) mass is 379 g/mol. The number of aromatic carboxylic acids is 1. The standard InChI is InChI=1S/C20H17N3O5/c1-9-17-11-7-15(27-2)16(28-3)8-12(11)18(21-19(17)23-22-9)10-4-5-14(24)13(6-10)20(25)26/h4-8,24H,1-3H3,(H,25,26)(H,21,22,23). The number of aromatic hydroxyl groups is 1. The predicted octanol–water partition coefficient (Wildman–Crippen LogP) is 3.51. The van der Waals surface area contributed by atoms with E-state index in [0.717, 1.165) is 21.9 Å². The smallest absolute Gasteiger partial charge is 0.339 e. The Labute approximate surface area is 159 Å². The van der Waals surface area contributed by atoms with Crippen molar-refractivity contribution in [3.8, 4) is 28.5 Å². The third-order valence-corrected chi connectivity index (χ3v) is 4.69. The first-order chi connectivity index (χ1) is 13.4. The maximum Gasteiger partial charge on any atom is 0.339 e. The number of phenols is 1. The van der Waals surface area contributed by atoms with Gasteiger partial charge in [-0.05, 0) is 37.3 Å². The molecule has 3 N–H and O–H groups in total. The molecule has 8 heteroatoms. The summed E-state index contributed by atoms with van der Waals surface area (Å²) < 4.78 is 10.9. The molecule has 28 heavy (non-hydrogen) atoms. The quantitative estimate of drug-likeness (QED) is 0.497. The van der Waals surface area contributed by atoms with Crippen LogP contribution in [0.25, 0.3) is 33.1 Å². The van der Waals surface area contributed by atoms with Crippen LogP contribution < -0.4 is 9.47 Å². The third-order valence-electron chi connectivity index (χ3n) is 4.69. The van der Waals surface area contributed by atoms with Crippen LogP contribution in [0.5, 0.6) is 17.2 Å². The Morgan fingerprint density at radius 3 is 2.39 bits per heavy atom. The summed E-state index contributed by atoms with van der Waals surface area (Å²) in [6.45, 7) is 1.90. The summed E-state index contributed by atoms with van der Waals surface area (Å²) in [7, 11) is 3.10. The highest BCUT2D eigenvalue weighted by Crippen LogP contribution is 2.40. The number of hydrogen-bond donors (Lipinski definition) is 3. The van der Waals surface area contributed by atoms with Crippen LogP contribution >= 0.6 is 0 Å². The van der Waals surface area contributed by atoms with Crippen molar-refractivity contribution in [3.63, 3.8) is 0 Å². The van der Waals surface area contributed by atoms with Gasteiger partial charge in [0.15, 0.2) is 17.1 Å². The number of carboxylic acid groups (broad SMARTS) is 1. The SMILES string of the molecule is COc1cc2c(-c3ccc(O)c(C(=O)O)c3)nc3n[nH]c(C)c3c2cc1OC. The molecular formula is C20H17N3O5. The molecule has 4 aromatic rings. The van der Waals surface area contributed by atoms with E-state index in [0.29, 0.717) is 28.4 Å². The molecule has 2 aromatic carbocycles. The first-order valence-corrected chi connectivity index (χ1v) is 8.41. The molecule has 0 radical (unpaired) electrons. The number of pyridine rings is 1. The number of benzene rings is 2. The van der Waals surface area contributed by atoms with Crippen LogP contribution in [0.2, 0.25) is 0 Å². The second kappa shape index (κ2) is 6.41. The number of H-pyrrole nitrogens is 1. The lowest BCUT2D eigenvalue weighted by molar-refractivity contribution is 0.0694. The van der Waals surface area contributed by atoms with Gasteiger partial charge in [0.25, 0.3) is 0 Å². The number of carbonyl (C=O) groups is 1. The number of ether oxygens (including phenoxy) is 2. The highest BCUT2D eigenvalue weighted by molar-refractivity contribution is 6.12. The lowest BCUT2D eigenvalue weighted by Crippen LogP contribution is -1.98. The summed E-state index contributed by atoms with van der Waals surface area (Å²) >= 11 is 0. The minimum absolute atomic E-state index is 0.203. The van der Waals surface area contributed by atoms with Crippen LogP contribution in [-0.2, 0) is 0 Å². The van der Waals surface area contributed by atoms with Gasteiger partial charge in [0, 0.05) is 27.4 Å². The average molecular weight is 379 g/mol. The number of nitrogens with one attached hydrogen (secondary N) is 1. The maximum absolute atomic E-state index is 11.4. The highest BCUT2D eigenvalue weighted by atomic mass is 16.5. The van der Waals surface area contributed by atoms with Crippen LogP contribution in [-0.4, -0.2) is 45.6 Å². The Kier molecular flexibility index (Phi) is 4.03. The molecule has 0 aliphatic heterocycles. The average Bonchev–Trinajstić information content (AvgIpc) is 3.07. The molecule has 0 saturated heterocycles. The van der Waals surface area contributed by atoms with E-state index in [1.165, 1.54) is 12.1 Å². The summed E-state index contributed by atoms with van der Waals surface area (Å²) in [4.78, 5) is 16.1. The summed E-state index contributed by atoms with van der Waals surface area (Å²) in [5.74, 6) is -0.446. The van der Waals surface area contributed by atoms with E-state index >= 15 is 0 Å². The fourth-order valence-corrected chi connectivity index (χ4v) is 3.34. The van der Waals surface area contributed by atoms with Crippen molar-refractivity contribution in [2.45, 2.75) is 6.92 Å². The third kappa shape index (κ3) is 2.58. The Bertz CT molecular complexity index is 1250. The molecule has 0 aliphatic carbocycles. The van der Waals surface area contributed by atoms with Crippen molar-refractivity contribution in [3.05, 3.63) is 41.6 Å². The highest BCUT2D eigenvalue weighted by Gasteiger charge is 2.19. The van der Waals surface area contributed by atoms with E-state index in [1.807, 2.05) is 13.0 Å². The van der Waals surface area contributed by atoms with E-state index < -0.39 is 5.97 Å². The molecule has 2 aromatic heterocycles. The zero-order valence-electron chi connectivity index (χ0n) is 15.4. The van der Waals surface area contributed by atoms with Crippen LogP contribution in [0, 0.1) is 6.92 Å². The molecule has 0 unspecified atom stereocenters. The number of nitrogens with zero attached hydrogens (tertiary/aromatic N) is 2. The van der Waals surface area contributed by atoms with Crippen molar-refractivity contribution in [2.24, 2.45) is 0 Å². The van der Waals surface area contributed by atoms with E-state index in [-0.39, 0.29) is 11.3 Å². The Morgan fingerprint density at radius 1 is 1.07 bits per heavy atom. The van der Waals surface area contributed by atoms with E-state index in [9.17, 15) is 15.0 Å². The molecule has 0 aliphatic rings. The molecule has 0 amide bonds. The van der Waals surface area contributed by atoms with Gasteiger partial charge in [0.1, 0.15) is 11.3 Å². The molecule has 4 rings (SSSR count). The van der Waals surface area contributed by atoms with Crippen molar-refractivity contribution >= 4 is 27.8 Å². The van der Waals surface area contributed by atoms with Gasteiger partial charge in [-0.3, -0.25) is 5.10 Å². The summed E-state index contributed by atoms with van der Waals surface area (Å²) in [6.07, 6.45) is 0. The summed E-state index contributed by atoms with van der Waals surface area (Å²) in [5, 5.41) is 28.8. The van der Waals surface area contributed by atoms with Crippen molar-refractivity contribution < 1.29 is 24.5 Å². The van der Waals surface area contributed by atoms with E-state index in [1.54, 1.807) is 26.4 Å². The number of aromatic nitrogens is 3. The molecule has 0 fully saturated rings. The largest absolute Gasteiger partial charge is 0.507 e. The predicted molar refractivity (Wildman–Crippen MR) is 103 cm³/mol. The van der Waals surface area contributed by atoms with E-state index in [4.69, 9.17) is 9.47 Å². The second-order valence-electron chi connectivity index (χ2n) is 6.30. The van der Waals surface area contributed by atoms with Gasteiger partial charge in [0.05, 0.1) is 19.9 Å². The minimum atomic E-state index is -1.22. The molecule has 0 saturated carbocycles.